The summed E-state index contributed by atoms with van der Waals surface area (Å²) in [5.41, 5.74) is 1.76. The summed E-state index contributed by atoms with van der Waals surface area (Å²) >= 11 is 6.11. The minimum absolute atomic E-state index is 0.250. The van der Waals surface area contributed by atoms with Gasteiger partial charge in [0, 0.05) is 24.7 Å². The lowest BCUT2D eigenvalue weighted by Crippen LogP contribution is -2.35. The first kappa shape index (κ1) is 19.4. The Balaban J connectivity index is 1.70. The van der Waals surface area contributed by atoms with Crippen molar-refractivity contribution in [3.05, 3.63) is 46.1 Å². The van der Waals surface area contributed by atoms with E-state index in [0.29, 0.717) is 37.1 Å². The largest absolute Gasteiger partial charge is 0.444 e. The Morgan fingerprint density at radius 1 is 1.15 bits per heavy atom. The molecule has 1 saturated heterocycles. The SMILES string of the molecule is Cc1ccc(S(=O)(=O)N2CCCN(Cc3nc(C)c(C)o3)CC2)cc1Cl. The van der Waals surface area contributed by atoms with Gasteiger partial charge in [-0.3, -0.25) is 4.90 Å². The molecular formula is C18H24ClN3O3S. The molecule has 0 atom stereocenters. The van der Waals surface area contributed by atoms with E-state index in [1.807, 2.05) is 20.8 Å². The second-order valence-corrected chi connectivity index (χ2v) is 9.04. The Kier molecular flexibility index (Phi) is 5.72. The van der Waals surface area contributed by atoms with Crippen LogP contribution >= 0.6 is 11.6 Å². The van der Waals surface area contributed by atoms with Crippen molar-refractivity contribution in [1.29, 1.82) is 0 Å². The smallest absolute Gasteiger partial charge is 0.243 e. The number of rotatable bonds is 4. The highest BCUT2D eigenvalue weighted by atomic mass is 35.5. The van der Waals surface area contributed by atoms with Crippen LogP contribution in [0.2, 0.25) is 5.02 Å². The summed E-state index contributed by atoms with van der Waals surface area (Å²) in [5, 5.41) is 0.470. The number of aryl methyl sites for hydroxylation is 3. The highest BCUT2D eigenvalue weighted by molar-refractivity contribution is 7.89. The Morgan fingerprint density at radius 2 is 1.92 bits per heavy atom. The first-order valence-electron chi connectivity index (χ1n) is 8.69. The zero-order valence-electron chi connectivity index (χ0n) is 15.3. The number of nitrogens with zero attached hydrogens (tertiary/aromatic N) is 3. The van der Waals surface area contributed by atoms with Crippen molar-refractivity contribution in [2.24, 2.45) is 0 Å². The molecule has 0 saturated carbocycles. The summed E-state index contributed by atoms with van der Waals surface area (Å²) in [7, 11) is -3.54. The van der Waals surface area contributed by atoms with Gasteiger partial charge in [0.25, 0.3) is 0 Å². The second-order valence-electron chi connectivity index (χ2n) is 6.69. The molecule has 1 aliphatic heterocycles. The van der Waals surface area contributed by atoms with Gasteiger partial charge in [-0.15, -0.1) is 0 Å². The van der Waals surface area contributed by atoms with Crippen molar-refractivity contribution in [2.75, 3.05) is 26.2 Å². The molecule has 6 nitrogen and oxygen atoms in total. The lowest BCUT2D eigenvalue weighted by molar-refractivity contribution is 0.248. The minimum atomic E-state index is -3.54. The van der Waals surface area contributed by atoms with Crippen LogP contribution in [0.4, 0.5) is 0 Å². The maximum Gasteiger partial charge on any atom is 0.243 e. The lowest BCUT2D eigenvalue weighted by atomic mass is 10.2. The average molecular weight is 398 g/mol. The third-order valence-electron chi connectivity index (χ3n) is 4.76. The van der Waals surface area contributed by atoms with Crippen molar-refractivity contribution in [1.82, 2.24) is 14.2 Å². The van der Waals surface area contributed by atoms with Gasteiger partial charge < -0.3 is 4.42 Å². The highest BCUT2D eigenvalue weighted by Gasteiger charge is 2.27. The molecule has 1 aromatic heterocycles. The number of hydrogen-bond donors (Lipinski definition) is 0. The molecule has 0 bridgehead atoms. The second kappa shape index (κ2) is 7.68. The van der Waals surface area contributed by atoms with Crippen molar-refractivity contribution in [2.45, 2.75) is 38.6 Å². The zero-order chi connectivity index (χ0) is 18.9. The van der Waals surface area contributed by atoms with Gasteiger partial charge in [0.15, 0.2) is 0 Å². The van der Waals surface area contributed by atoms with Gasteiger partial charge in [0.2, 0.25) is 15.9 Å². The molecule has 8 heteroatoms. The van der Waals surface area contributed by atoms with E-state index >= 15 is 0 Å². The third kappa shape index (κ3) is 4.11. The van der Waals surface area contributed by atoms with Crippen molar-refractivity contribution in [3.8, 4) is 0 Å². The Hall–Kier alpha value is -1.41. The summed E-state index contributed by atoms with van der Waals surface area (Å²) in [5.74, 6) is 1.51. The Bertz CT molecular complexity index is 876. The first-order valence-corrected chi connectivity index (χ1v) is 10.5. The standard InChI is InChI=1S/C18H24ClN3O3S/c1-13-5-6-16(11-17(13)19)26(23,24)22-8-4-7-21(9-10-22)12-18-20-14(2)15(3)25-18/h5-6,11H,4,7-10,12H2,1-3H3. The van der Waals surface area contributed by atoms with Crippen molar-refractivity contribution < 1.29 is 12.8 Å². The molecule has 0 aliphatic carbocycles. The molecule has 142 valence electrons. The van der Waals surface area contributed by atoms with Crippen LogP contribution in [0, 0.1) is 20.8 Å². The van der Waals surface area contributed by atoms with Gasteiger partial charge in [-0.05, 0) is 51.4 Å². The molecule has 0 radical (unpaired) electrons. The van der Waals surface area contributed by atoms with Crippen LogP contribution < -0.4 is 0 Å². The van der Waals surface area contributed by atoms with E-state index in [4.69, 9.17) is 16.0 Å². The monoisotopic (exact) mass is 397 g/mol. The molecule has 26 heavy (non-hydrogen) atoms. The number of aromatic nitrogens is 1. The minimum Gasteiger partial charge on any atom is -0.444 e. The van der Waals surface area contributed by atoms with Crippen LogP contribution in [-0.2, 0) is 16.6 Å². The van der Waals surface area contributed by atoms with E-state index < -0.39 is 10.0 Å². The molecule has 1 fully saturated rings. The van der Waals surface area contributed by atoms with E-state index in [-0.39, 0.29) is 4.90 Å². The summed E-state index contributed by atoms with van der Waals surface area (Å²) in [6.45, 7) is 8.65. The number of oxazole rings is 1. The summed E-state index contributed by atoms with van der Waals surface area (Å²) in [6, 6.07) is 4.90. The van der Waals surface area contributed by atoms with E-state index in [1.54, 1.807) is 16.4 Å². The number of halogens is 1. The van der Waals surface area contributed by atoms with E-state index in [0.717, 1.165) is 30.0 Å². The summed E-state index contributed by atoms with van der Waals surface area (Å²) in [6.07, 6.45) is 0.761. The predicted octanol–water partition coefficient (Wildman–Crippen LogP) is 3.15. The topological polar surface area (TPSA) is 66.7 Å². The summed E-state index contributed by atoms with van der Waals surface area (Å²) in [4.78, 5) is 6.85. The van der Waals surface area contributed by atoms with Gasteiger partial charge in [0.05, 0.1) is 17.1 Å². The fraction of sp³-hybridized carbons (Fsp3) is 0.500. The molecule has 1 aliphatic rings. The molecule has 1 aromatic carbocycles. The van der Waals surface area contributed by atoms with Crippen molar-refractivity contribution in [3.63, 3.8) is 0 Å². The summed E-state index contributed by atoms with van der Waals surface area (Å²) < 4.78 is 33.1. The Morgan fingerprint density at radius 3 is 2.58 bits per heavy atom. The molecule has 0 amide bonds. The van der Waals surface area contributed by atoms with Gasteiger partial charge in [-0.1, -0.05) is 17.7 Å². The number of benzene rings is 1. The maximum atomic E-state index is 12.9. The van der Waals surface area contributed by atoms with E-state index in [2.05, 4.69) is 9.88 Å². The average Bonchev–Trinajstić information content (AvgIpc) is 2.76. The molecule has 0 N–H and O–H groups in total. The predicted molar refractivity (Wildman–Crippen MR) is 101 cm³/mol. The zero-order valence-corrected chi connectivity index (χ0v) is 16.9. The molecule has 0 spiro atoms. The highest BCUT2D eigenvalue weighted by Crippen LogP contribution is 2.24. The molecule has 0 unspecified atom stereocenters. The maximum absolute atomic E-state index is 12.9. The van der Waals surface area contributed by atoms with Gasteiger partial charge in [0.1, 0.15) is 5.76 Å². The molecule has 2 heterocycles. The quantitative estimate of drug-likeness (QED) is 0.792. The number of sulfonamides is 1. The van der Waals surface area contributed by atoms with Gasteiger partial charge >= 0.3 is 0 Å². The van der Waals surface area contributed by atoms with Crippen LogP contribution in [-0.4, -0.2) is 48.8 Å². The fourth-order valence-electron chi connectivity index (χ4n) is 3.03. The van der Waals surface area contributed by atoms with Gasteiger partial charge in [-0.2, -0.15) is 4.31 Å². The lowest BCUT2D eigenvalue weighted by Gasteiger charge is -2.21. The molecule has 2 aromatic rings. The molecular weight excluding hydrogens is 374 g/mol. The van der Waals surface area contributed by atoms with Crippen LogP contribution in [0.5, 0.6) is 0 Å². The molecule has 3 rings (SSSR count). The van der Waals surface area contributed by atoms with Crippen molar-refractivity contribution >= 4 is 21.6 Å². The number of hydrogen-bond acceptors (Lipinski definition) is 5. The third-order valence-corrected chi connectivity index (χ3v) is 7.06. The Labute approximate surface area is 159 Å². The normalized spacial score (nSPS) is 17.4. The van der Waals surface area contributed by atoms with Crippen LogP contribution in [0.3, 0.4) is 0 Å². The van der Waals surface area contributed by atoms with Crippen LogP contribution in [0.25, 0.3) is 0 Å². The fourth-order valence-corrected chi connectivity index (χ4v) is 4.77. The van der Waals surface area contributed by atoms with Crippen LogP contribution in [0.1, 0.15) is 29.3 Å². The van der Waals surface area contributed by atoms with E-state index in [1.165, 1.54) is 6.07 Å². The van der Waals surface area contributed by atoms with E-state index in [9.17, 15) is 8.42 Å². The first-order chi connectivity index (χ1) is 12.3. The van der Waals surface area contributed by atoms with Gasteiger partial charge in [-0.25, -0.2) is 13.4 Å². The van der Waals surface area contributed by atoms with Crippen LogP contribution in [0.15, 0.2) is 27.5 Å².